The average Bonchev–Trinajstić information content (AvgIpc) is 3.55. The molecule has 1 saturated heterocycles. The standard InChI is InChI=1S/C35H41N5O6/c1-24-12-15-28(30(21-24)45-20-7-5-6-11-31(42)40-18-16-38(2)17-19-40)39(3)35(43)27-14-13-26(34(44-4)33(27)36-22-41)25-9-8-10-29-32(25)37-23-46-29/h8-10,12-15,21-23H,5-7,11,16-20H2,1-4H3,(H,36,41). The molecule has 5 rings (SSSR count). The number of aromatic nitrogens is 1. The number of para-hydroxylation sites is 1. The molecule has 1 aliphatic rings. The van der Waals surface area contributed by atoms with Crippen LogP contribution in [0.25, 0.3) is 22.2 Å². The van der Waals surface area contributed by atoms with Crippen molar-refractivity contribution >= 4 is 40.7 Å². The Morgan fingerprint density at radius 1 is 1.04 bits per heavy atom. The van der Waals surface area contributed by atoms with Gasteiger partial charge in [0.1, 0.15) is 11.3 Å². The molecule has 0 spiro atoms. The number of hydrogen-bond donors (Lipinski definition) is 1. The first-order valence-corrected chi connectivity index (χ1v) is 15.5. The van der Waals surface area contributed by atoms with Crippen LogP contribution < -0.4 is 19.7 Å². The lowest BCUT2D eigenvalue weighted by atomic mass is 9.98. The van der Waals surface area contributed by atoms with E-state index < -0.39 is 0 Å². The van der Waals surface area contributed by atoms with Crippen LogP contribution in [0.4, 0.5) is 11.4 Å². The summed E-state index contributed by atoms with van der Waals surface area (Å²) < 4.78 is 17.4. The van der Waals surface area contributed by atoms with Crippen LogP contribution in [0, 0.1) is 6.92 Å². The summed E-state index contributed by atoms with van der Waals surface area (Å²) in [6.45, 7) is 5.85. The van der Waals surface area contributed by atoms with Crippen molar-refractivity contribution < 1.29 is 28.3 Å². The van der Waals surface area contributed by atoms with Crippen LogP contribution in [0.15, 0.2) is 59.3 Å². The van der Waals surface area contributed by atoms with Gasteiger partial charge in [0.15, 0.2) is 17.7 Å². The molecule has 0 unspecified atom stereocenters. The molecule has 11 nitrogen and oxygen atoms in total. The third-order valence-corrected chi connectivity index (χ3v) is 8.38. The zero-order chi connectivity index (χ0) is 32.6. The predicted octanol–water partition coefficient (Wildman–Crippen LogP) is 5.37. The maximum atomic E-state index is 14.0. The van der Waals surface area contributed by atoms with Crippen LogP contribution in [-0.4, -0.2) is 87.0 Å². The number of aryl methyl sites for hydroxylation is 1. The van der Waals surface area contributed by atoms with Gasteiger partial charge in [-0.15, -0.1) is 0 Å². The number of unbranched alkanes of at least 4 members (excludes halogenated alkanes) is 2. The SMILES string of the molecule is COc1c(-c2cccc3ocnc23)ccc(C(=O)N(C)c2ccc(C)cc2OCCCCCC(=O)N2CCN(C)CC2)c1NC=O. The zero-order valence-electron chi connectivity index (χ0n) is 26.9. The molecule has 3 amide bonds. The minimum atomic E-state index is -0.357. The molecule has 3 aromatic carbocycles. The van der Waals surface area contributed by atoms with Crippen molar-refractivity contribution in [3.63, 3.8) is 0 Å². The first-order chi connectivity index (χ1) is 22.3. The lowest BCUT2D eigenvalue weighted by Gasteiger charge is -2.32. The molecule has 11 heteroatoms. The van der Waals surface area contributed by atoms with Crippen LogP contribution in [0.2, 0.25) is 0 Å². The van der Waals surface area contributed by atoms with Gasteiger partial charge in [0.25, 0.3) is 5.91 Å². The number of piperazine rings is 1. The van der Waals surface area contributed by atoms with Gasteiger partial charge in [0.05, 0.1) is 30.7 Å². The summed E-state index contributed by atoms with van der Waals surface area (Å²) in [6.07, 6.45) is 4.90. The molecule has 46 heavy (non-hydrogen) atoms. The average molecular weight is 628 g/mol. The molecular weight excluding hydrogens is 586 g/mol. The van der Waals surface area contributed by atoms with E-state index in [2.05, 4.69) is 22.2 Å². The Kier molecular flexibility index (Phi) is 10.5. The number of methoxy groups -OCH3 is 1. The Morgan fingerprint density at radius 3 is 2.61 bits per heavy atom. The van der Waals surface area contributed by atoms with Gasteiger partial charge in [-0.05, 0) is 69.1 Å². The monoisotopic (exact) mass is 627 g/mol. The number of nitrogens with zero attached hydrogens (tertiary/aromatic N) is 4. The minimum Gasteiger partial charge on any atom is -0.494 e. The molecule has 0 aliphatic carbocycles. The lowest BCUT2D eigenvalue weighted by Crippen LogP contribution is -2.47. The van der Waals surface area contributed by atoms with Crippen molar-refractivity contribution in [3.8, 4) is 22.6 Å². The number of amides is 3. The zero-order valence-corrected chi connectivity index (χ0v) is 26.9. The predicted molar refractivity (Wildman–Crippen MR) is 178 cm³/mol. The van der Waals surface area contributed by atoms with Gasteiger partial charge in [-0.3, -0.25) is 14.4 Å². The molecule has 0 bridgehead atoms. The van der Waals surface area contributed by atoms with E-state index in [0.717, 1.165) is 56.6 Å². The quantitative estimate of drug-likeness (QED) is 0.155. The molecule has 4 aromatic rings. The number of nitrogens with one attached hydrogen (secondary N) is 1. The highest BCUT2D eigenvalue weighted by Gasteiger charge is 2.25. The molecule has 1 N–H and O–H groups in total. The Labute approximate surface area is 269 Å². The van der Waals surface area contributed by atoms with Gasteiger partial charge >= 0.3 is 0 Å². The highest BCUT2D eigenvalue weighted by Crippen LogP contribution is 2.42. The van der Waals surface area contributed by atoms with Crippen LogP contribution in [0.5, 0.6) is 11.5 Å². The molecule has 2 heterocycles. The maximum Gasteiger partial charge on any atom is 0.260 e. The lowest BCUT2D eigenvalue weighted by molar-refractivity contribution is -0.132. The molecule has 0 saturated carbocycles. The van der Waals surface area contributed by atoms with Gasteiger partial charge in [0, 0.05) is 50.8 Å². The van der Waals surface area contributed by atoms with Crippen LogP contribution >= 0.6 is 0 Å². The van der Waals surface area contributed by atoms with E-state index in [9.17, 15) is 14.4 Å². The fraction of sp³-hybridized carbons (Fsp3) is 0.371. The van der Waals surface area contributed by atoms with Crippen molar-refractivity contribution in [1.29, 1.82) is 0 Å². The molecule has 1 aromatic heterocycles. The van der Waals surface area contributed by atoms with Crippen LogP contribution in [0.1, 0.15) is 41.6 Å². The summed E-state index contributed by atoms with van der Waals surface area (Å²) in [6, 6.07) is 14.7. The third-order valence-electron chi connectivity index (χ3n) is 8.38. The molecule has 242 valence electrons. The molecule has 1 aliphatic heterocycles. The number of anilines is 2. The van der Waals surface area contributed by atoms with E-state index in [1.165, 1.54) is 18.4 Å². The molecular formula is C35H41N5O6. The van der Waals surface area contributed by atoms with E-state index in [4.69, 9.17) is 13.9 Å². The van der Waals surface area contributed by atoms with Crippen molar-refractivity contribution in [1.82, 2.24) is 14.8 Å². The number of fused-ring (bicyclic) bond motifs is 1. The third kappa shape index (κ3) is 7.15. The molecule has 1 fully saturated rings. The van der Waals surface area contributed by atoms with Gasteiger partial charge in [-0.25, -0.2) is 4.98 Å². The van der Waals surface area contributed by atoms with Gasteiger partial charge in [-0.2, -0.15) is 0 Å². The number of hydrogen-bond acceptors (Lipinski definition) is 8. The number of ether oxygens (including phenoxy) is 2. The van der Waals surface area contributed by atoms with Crippen molar-refractivity contribution in [2.24, 2.45) is 0 Å². The summed E-state index contributed by atoms with van der Waals surface area (Å²) in [5.41, 5.74) is 4.71. The Balaban J connectivity index is 1.28. The smallest absolute Gasteiger partial charge is 0.260 e. The van der Waals surface area contributed by atoms with Gasteiger partial charge in [-0.1, -0.05) is 18.2 Å². The second-order valence-electron chi connectivity index (χ2n) is 11.5. The number of oxazole rings is 1. The van der Waals surface area contributed by atoms with E-state index in [0.29, 0.717) is 53.3 Å². The number of benzene rings is 3. The van der Waals surface area contributed by atoms with E-state index >= 15 is 0 Å². The van der Waals surface area contributed by atoms with E-state index in [-0.39, 0.29) is 23.1 Å². The topological polar surface area (TPSA) is 117 Å². The van der Waals surface area contributed by atoms with Crippen molar-refractivity contribution in [2.45, 2.75) is 32.6 Å². The number of rotatable bonds is 13. The van der Waals surface area contributed by atoms with Crippen LogP contribution in [0.3, 0.4) is 0 Å². The summed E-state index contributed by atoms with van der Waals surface area (Å²) in [7, 11) is 5.24. The van der Waals surface area contributed by atoms with Gasteiger partial charge < -0.3 is 33.9 Å². The number of likely N-dealkylation sites (N-methyl/N-ethyl adjacent to an activating group) is 1. The molecule has 0 radical (unpaired) electrons. The van der Waals surface area contributed by atoms with Crippen molar-refractivity contribution in [3.05, 3.63) is 66.1 Å². The fourth-order valence-electron chi connectivity index (χ4n) is 5.75. The summed E-state index contributed by atoms with van der Waals surface area (Å²) in [5.74, 6) is 0.771. The largest absolute Gasteiger partial charge is 0.494 e. The highest BCUT2D eigenvalue weighted by atomic mass is 16.5. The highest BCUT2D eigenvalue weighted by molar-refractivity contribution is 6.13. The summed E-state index contributed by atoms with van der Waals surface area (Å²) in [4.78, 5) is 48.3. The summed E-state index contributed by atoms with van der Waals surface area (Å²) >= 11 is 0. The van der Waals surface area contributed by atoms with E-state index in [1.807, 2.05) is 48.2 Å². The first kappa shape index (κ1) is 32.5. The maximum absolute atomic E-state index is 14.0. The fourth-order valence-corrected chi connectivity index (χ4v) is 5.75. The number of carbonyl (C=O) groups excluding carboxylic acids is 3. The molecule has 0 atom stereocenters. The second kappa shape index (κ2) is 14.9. The first-order valence-electron chi connectivity index (χ1n) is 15.5. The van der Waals surface area contributed by atoms with Crippen molar-refractivity contribution in [2.75, 3.05) is 64.2 Å². The Morgan fingerprint density at radius 2 is 1.85 bits per heavy atom. The second-order valence-corrected chi connectivity index (χ2v) is 11.5. The normalized spacial score (nSPS) is 13.4. The Hall–Kier alpha value is -4.90. The number of carbonyl (C=O) groups is 3. The van der Waals surface area contributed by atoms with Crippen LogP contribution in [-0.2, 0) is 9.59 Å². The minimum absolute atomic E-state index is 0.221. The van der Waals surface area contributed by atoms with Gasteiger partial charge in [0.2, 0.25) is 12.3 Å². The summed E-state index contributed by atoms with van der Waals surface area (Å²) in [5, 5.41) is 2.69. The Bertz CT molecular complexity index is 1690. The van der Waals surface area contributed by atoms with E-state index in [1.54, 1.807) is 19.2 Å².